The predicted octanol–water partition coefficient (Wildman–Crippen LogP) is 3.17. The molecule has 0 spiro atoms. The van der Waals surface area contributed by atoms with Crippen LogP contribution in [0.3, 0.4) is 0 Å². The predicted molar refractivity (Wildman–Crippen MR) is 73.7 cm³/mol. The van der Waals surface area contributed by atoms with Crippen LogP contribution in [0.1, 0.15) is 25.7 Å². The van der Waals surface area contributed by atoms with Gasteiger partial charge in [0.2, 0.25) is 0 Å². The monoisotopic (exact) mass is 253 g/mol. The van der Waals surface area contributed by atoms with Gasteiger partial charge in [0.15, 0.2) is 0 Å². The van der Waals surface area contributed by atoms with Crippen LogP contribution >= 0.6 is 34.1 Å². The van der Waals surface area contributed by atoms with Gasteiger partial charge >= 0.3 is 0 Å². The summed E-state index contributed by atoms with van der Waals surface area (Å²) in [5.41, 5.74) is 0. The highest BCUT2D eigenvalue weighted by atomic mass is 33.1. The van der Waals surface area contributed by atoms with Crippen molar-refractivity contribution in [2.75, 3.05) is 36.9 Å². The molecule has 0 aliphatic carbocycles. The van der Waals surface area contributed by atoms with Gasteiger partial charge in [0.05, 0.1) is 0 Å². The average molecular weight is 253 g/mol. The summed E-state index contributed by atoms with van der Waals surface area (Å²) in [5.74, 6) is 3.45. The van der Waals surface area contributed by atoms with Crippen LogP contribution in [0.15, 0.2) is 0 Å². The van der Waals surface area contributed by atoms with Crippen molar-refractivity contribution in [3.63, 3.8) is 0 Å². The van der Waals surface area contributed by atoms with Crippen LogP contribution in [0, 0.1) is 0 Å². The zero-order chi connectivity index (χ0) is 10.8. The first-order chi connectivity index (χ1) is 7.43. The summed E-state index contributed by atoms with van der Waals surface area (Å²) >= 11 is 1.21. The lowest BCUT2D eigenvalue weighted by molar-refractivity contribution is 0.242. The number of nitrogens with zero attached hydrogens (tertiary/aromatic N) is 1. The zero-order valence-corrected chi connectivity index (χ0v) is 11.2. The minimum Gasteiger partial charge on any atom is -0.302 e. The van der Waals surface area contributed by atoms with Crippen molar-refractivity contribution >= 4 is 34.1 Å². The van der Waals surface area contributed by atoms with Gasteiger partial charge in [-0.1, -0.05) is 28.0 Å². The van der Waals surface area contributed by atoms with E-state index in [2.05, 4.69) is 4.90 Å². The third-order valence-electron chi connectivity index (χ3n) is 2.39. The molecule has 1 nitrogen and oxygen atoms in total. The molecule has 0 amide bonds. The average Bonchev–Trinajstić information content (AvgIpc) is 2.29. The molecule has 84 valence electrons. The molecular weight excluding hydrogens is 230 g/mol. The number of thiol groups is 1. The van der Waals surface area contributed by atoms with E-state index in [1.165, 1.54) is 69.4 Å². The summed E-state index contributed by atoms with van der Waals surface area (Å²) in [6.07, 6.45) is 5.41. The Morgan fingerprint density at radius 3 is 2.71 bits per heavy atom. The van der Waals surface area contributed by atoms with E-state index in [9.17, 15) is 0 Å². The Labute approximate surface area is 103 Å². The quantitative estimate of drug-likeness (QED) is 0.402. The fourth-order valence-electron chi connectivity index (χ4n) is 1.59. The Kier molecular flexibility index (Phi) is 7.60. The molecule has 0 aromatic heterocycles. The van der Waals surface area contributed by atoms with Gasteiger partial charge in [0, 0.05) is 18.1 Å². The fourth-order valence-corrected chi connectivity index (χ4v) is 4.03. The molecule has 0 unspecified atom stereocenters. The van der Waals surface area contributed by atoms with Gasteiger partial charge < -0.3 is 4.90 Å². The van der Waals surface area contributed by atoms with E-state index in [0.29, 0.717) is 0 Å². The van der Waals surface area contributed by atoms with Crippen molar-refractivity contribution in [1.82, 2.24) is 4.90 Å². The number of hydrogen-bond donors (Lipinski definition) is 1. The van der Waals surface area contributed by atoms with Crippen LogP contribution in [0.5, 0.6) is 0 Å². The molecule has 1 aliphatic heterocycles. The van der Waals surface area contributed by atoms with Crippen LogP contribution in [0.4, 0.5) is 0 Å². The third kappa shape index (κ3) is 6.49. The summed E-state index contributed by atoms with van der Waals surface area (Å²) in [7, 11) is 3.98. The topological polar surface area (TPSA) is 3.24 Å². The number of piperidine rings is 1. The Morgan fingerprint density at radius 1 is 1.14 bits per heavy atom. The highest BCUT2D eigenvalue weighted by Gasteiger charge is 2.08. The zero-order valence-electron chi connectivity index (χ0n) is 9.74. The molecule has 0 N–H and O–H groups in total. The summed E-state index contributed by atoms with van der Waals surface area (Å²) < 4.78 is 6.95. The van der Waals surface area contributed by atoms with Crippen molar-refractivity contribution in [3.8, 4) is 0 Å². The molecule has 0 radical (unpaired) electrons. The molecule has 0 aromatic rings. The van der Waals surface area contributed by atoms with E-state index in [-0.39, 0.29) is 0 Å². The molecule has 0 atom stereocenters. The van der Waals surface area contributed by atoms with Crippen LogP contribution in [0.25, 0.3) is 0 Å². The van der Waals surface area contributed by atoms with Gasteiger partial charge in [-0.3, -0.25) is 0 Å². The largest absolute Gasteiger partial charge is 0.302 e. The van der Waals surface area contributed by atoms with Crippen LogP contribution in [-0.2, 0) is 0 Å². The van der Waals surface area contributed by atoms with Gasteiger partial charge in [0.25, 0.3) is 0 Å². The summed E-state index contributed by atoms with van der Waals surface area (Å²) in [5, 5.41) is 0. The van der Waals surface area contributed by atoms with E-state index in [4.69, 9.17) is 1.12 Å². The molecular formula is C10H21NS3. The van der Waals surface area contributed by atoms with Crippen LogP contribution in [-0.4, -0.2) is 42.9 Å². The SMILES string of the molecule is [3H]SCCCSSCCN1CCCCC1. The van der Waals surface area contributed by atoms with Gasteiger partial charge in [-0.2, -0.15) is 12.5 Å². The smallest absolute Gasteiger partial charge is 0.102 e. The van der Waals surface area contributed by atoms with Crippen molar-refractivity contribution in [2.24, 2.45) is 0 Å². The maximum atomic E-state index is 6.95. The molecule has 0 aromatic carbocycles. The first kappa shape index (κ1) is 11.5. The fraction of sp³-hybridized carbons (Fsp3) is 1.00. The summed E-state index contributed by atoms with van der Waals surface area (Å²) in [6, 6.07) is 0. The molecule has 1 rings (SSSR count). The molecule has 1 heterocycles. The van der Waals surface area contributed by atoms with Gasteiger partial charge in [0.1, 0.15) is 1.12 Å². The van der Waals surface area contributed by atoms with Crippen LogP contribution < -0.4 is 0 Å². The minimum absolute atomic E-state index is 0.986. The Balaban J connectivity index is 1.79. The Bertz CT molecular complexity index is 143. The third-order valence-corrected chi connectivity index (χ3v) is 5.15. The standard InChI is InChI=1S/C10H21NS3/c12-8-4-9-13-14-10-7-11-5-2-1-3-6-11/h12H,1-10H2/i/hT. The lowest BCUT2D eigenvalue weighted by atomic mass is 10.1. The van der Waals surface area contributed by atoms with E-state index in [1.807, 2.05) is 21.6 Å². The van der Waals surface area contributed by atoms with Crippen LogP contribution in [0.2, 0.25) is 0 Å². The van der Waals surface area contributed by atoms with Crippen molar-refractivity contribution < 1.29 is 0 Å². The van der Waals surface area contributed by atoms with E-state index in [1.54, 1.807) is 0 Å². The Hall–Kier alpha value is 1.01. The number of likely N-dealkylation sites (tertiary alicyclic amines) is 1. The number of rotatable bonds is 8. The highest BCUT2D eigenvalue weighted by molar-refractivity contribution is 8.76. The highest BCUT2D eigenvalue weighted by Crippen LogP contribution is 2.22. The normalized spacial score (nSPS) is 19.6. The second-order valence-electron chi connectivity index (χ2n) is 3.60. The summed E-state index contributed by atoms with van der Waals surface area (Å²) in [6.45, 7) is 3.91. The molecule has 14 heavy (non-hydrogen) atoms. The number of hydrogen-bond acceptors (Lipinski definition) is 4. The Morgan fingerprint density at radius 2 is 1.93 bits per heavy atom. The van der Waals surface area contributed by atoms with E-state index >= 15 is 0 Å². The minimum atomic E-state index is 0.986. The lowest BCUT2D eigenvalue weighted by Crippen LogP contribution is -2.31. The van der Waals surface area contributed by atoms with Gasteiger partial charge in [-0.25, -0.2) is 0 Å². The van der Waals surface area contributed by atoms with Crippen molar-refractivity contribution in [3.05, 3.63) is 0 Å². The molecule has 4 heteroatoms. The van der Waals surface area contributed by atoms with E-state index < -0.39 is 0 Å². The second-order valence-corrected chi connectivity index (χ2v) is 6.71. The van der Waals surface area contributed by atoms with Gasteiger partial charge in [-0.15, -0.1) is 0 Å². The van der Waals surface area contributed by atoms with Crippen molar-refractivity contribution in [1.29, 1.82) is 1.12 Å². The molecule has 0 bridgehead atoms. The molecule has 1 fully saturated rings. The van der Waals surface area contributed by atoms with E-state index in [0.717, 1.165) is 5.75 Å². The maximum absolute atomic E-state index is 6.95. The summed E-state index contributed by atoms with van der Waals surface area (Å²) in [4.78, 5) is 2.59. The lowest BCUT2D eigenvalue weighted by Gasteiger charge is -2.25. The second kappa shape index (κ2) is 9.25. The van der Waals surface area contributed by atoms with Crippen molar-refractivity contribution in [2.45, 2.75) is 25.7 Å². The molecule has 1 aliphatic rings. The first-order valence-corrected chi connectivity index (χ1v) is 8.55. The first-order valence-electron chi connectivity index (χ1n) is 5.89. The van der Waals surface area contributed by atoms with Gasteiger partial charge in [-0.05, 0) is 38.1 Å². The molecule has 0 saturated carbocycles. The maximum Gasteiger partial charge on any atom is 0.102 e. The molecule has 1 saturated heterocycles.